The average Bonchev–Trinajstić information content (AvgIpc) is 3.73. The van der Waals surface area contributed by atoms with Crippen molar-refractivity contribution < 1.29 is 53.8 Å². The van der Waals surface area contributed by atoms with Crippen LogP contribution in [-0.4, -0.2) is 105 Å². The van der Waals surface area contributed by atoms with Crippen LogP contribution >= 0.6 is 0 Å². The molecule has 4 heterocycles. The number of ether oxygens (including phenoxy) is 3. The summed E-state index contributed by atoms with van der Waals surface area (Å²) in [5.74, 6) is -5.87. The van der Waals surface area contributed by atoms with Crippen LogP contribution < -0.4 is 26.1 Å². The van der Waals surface area contributed by atoms with Gasteiger partial charge in [0.1, 0.15) is 35.1 Å². The lowest BCUT2D eigenvalue weighted by molar-refractivity contribution is -0.153. The number of Topliss-reactive ketones (excluding diaryl/α,β-unsaturated/α-hetero) is 1. The van der Waals surface area contributed by atoms with Gasteiger partial charge in [0.05, 0.1) is 34.8 Å². The number of aliphatic hydroxyl groups is 2. The molecule has 0 saturated carbocycles. The number of carbonyl (C=O) groups excluding carboxylic acids is 4. The van der Waals surface area contributed by atoms with E-state index in [2.05, 4.69) is 29.4 Å². The Morgan fingerprint density at radius 1 is 1.06 bits per heavy atom. The molecular weight excluding hydrogens is 811 g/mol. The summed E-state index contributed by atoms with van der Waals surface area (Å²) < 4.78 is 17.9. The van der Waals surface area contributed by atoms with E-state index in [9.17, 15) is 39.6 Å². The molecular formula is C47H63N5O11. The Morgan fingerprint density at radius 2 is 1.76 bits per heavy atom. The van der Waals surface area contributed by atoms with E-state index in [4.69, 9.17) is 24.2 Å². The van der Waals surface area contributed by atoms with Crippen LogP contribution in [0.3, 0.4) is 0 Å². The summed E-state index contributed by atoms with van der Waals surface area (Å²) in [6.07, 6.45) is 6.45. The van der Waals surface area contributed by atoms with Gasteiger partial charge in [-0.1, -0.05) is 52.8 Å². The molecule has 0 radical (unpaired) electrons. The van der Waals surface area contributed by atoms with Crippen molar-refractivity contribution in [2.45, 2.75) is 130 Å². The van der Waals surface area contributed by atoms with Crippen molar-refractivity contribution in [3.05, 3.63) is 58.0 Å². The summed E-state index contributed by atoms with van der Waals surface area (Å²) in [4.78, 5) is 66.3. The molecule has 16 nitrogen and oxygen atoms in total. The maximum atomic E-state index is 14.6. The number of rotatable bonds is 7. The maximum Gasteiger partial charge on any atom is 0.315 e. The Kier molecular flexibility index (Phi) is 14.4. The van der Waals surface area contributed by atoms with Gasteiger partial charge in [-0.05, 0) is 45.1 Å². The number of phenols is 2. The minimum absolute atomic E-state index is 0.0390. The Bertz CT molecular complexity index is 2350. The van der Waals surface area contributed by atoms with Crippen molar-refractivity contribution in [3.8, 4) is 17.2 Å². The number of anilines is 1. The van der Waals surface area contributed by atoms with Crippen LogP contribution in [0.2, 0.25) is 0 Å². The lowest BCUT2D eigenvalue weighted by atomic mass is 9.86. The van der Waals surface area contributed by atoms with Crippen LogP contribution in [-0.2, 0) is 23.9 Å². The van der Waals surface area contributed by atoms with Gasteiger partial charge >= 0.3 is 11.8 Å². The number of piperidine rings is 1. The first-order valence-corrected chi connectivity index (χ1v) is 22.1. The van der Waals surface area contributed by atoms with Crippen molar-refractivity contribution >= 4 is 40.0 Å². The fourth-order valence-corrected chi connectivity index (χ4v) is 8.69. The van der Waals surface area contributed by atoms with E-state index < -0.39 is 77.3 Å². The molecule has 2 amide bonds. The highest BCUT2D eigenvalue weighted by Gasteiger charge is 2.50. The van der Waals surface area contributed by atoms with Crippen molar-refractivity contribution in [3.63, 3.8) is 0 Å². The third-order valence-corrected chi connectivity index (χ3v) is 12.5. The van der Waals surface area contributed by atoms with E-state index in [1.165, 1.54) is 13.2 Å². The number of aliphatic hydroxyl groups excluding tert-OH is 2. The summed E-state index contributed by atoms with van der Waals surface area (Å²) in [5.41, 5.74) is -0.579. The number of likely N-dealkylation sites (tertiary alicyclic amines) is 1. The minimum atomic E-state index is -1.92. The van der Waals surface area contributed by atoms with Crippen LogP contribution in [0.5, 0.6) is 17.2 Å². The van der Waals surface area contributed by atoms with Crippen molar-refractivity contribution in [1.29, 1.82) is 0 Å². The second kappa shape index (κ2) is 19.2. The molecule has 6 atom stereocenters. The number of benzene rings is 2. The van der Waals surface area contributed by atoms with Gasteiger partial charge in [0.15, 0.2) is 11.4 Å². The van der Waals surface area contributed by atoms with Crippen molar-refractivity contribution in [2.24, 2.45) is 27.7 Å². The molecule has 4 aliphatic heterocycles. The monoisotopic (exact) mass is 873 g/mol. The van der Waals surface area contributed by atoms with Gasteiger partial charge in [-0.2, -0.15) is 0 Å². The smallest absolute Gasteiger partial charge is 0.315 e. The minimum Gasteiger partial charge on any atom is -0.507 e. The molecule has 1 fully saturated rings. The first kappa shape index (κ1) is 47.2. The topological polar surface area (TPSA) is 229 Å². The quantitative estimate of drug-likeness (QED) is 0.128. The SMILES string of the molecule is CCCNC(=O)CC(=O)O[C@@H]1CC/C=C/O[C@@]2(C)Oc3c(C)c(O)c4c(O)c(c5c(c4c3C2=O)=NC2(CCN(CC(C)C)CC2)N=5)NC(=O)/C(C)=C\C=C\C(C)[C@H](O)[C@@H](C)[C@@H](O)C1. The molecule has 2 aromatic carbocycles. The number of aromatic hydroxyl groups is 2. The number of ketones is 1. The second-order valence-electron chi connectivity index (χ2n) is 18.0. The summed E-state index contributed by atoms with van der Waals surface area (Å²) in [6.45, 7) is 16.9. The predicted molar refractivity (Wildman–Crippen MR) is 235 cm³/mol. The fraction of sp³-hybridized carbons (Fsp3) is 0.574. The van der Waals surface area contributed by atoms with Crippen LogP contribution in [0.1, 0.15) is 109 Å². The number of amides is 2. The number of phenolic OH excluding ortho intramolecular Hbond substituents is 2. The van der Waals surface area contributed by atoms with Gasteiger partial charge in [-0.25, -0.2) is 0 Å². The van der Waals surface area contributed by atoms with E-state index in [0.29, 0.717) is 44.8 Å². The molecule has 4 bridgehead atoms. The lowest BCUT2D eigenvalue weighted by Crippen LogP contribution is -2.43. The Morgan fingerprint density at radius 3 is 2.44 bits per heavy atom. The van der Waals surface area contributed by atoms with Crippen LogP contribution in [0.25, 0.3) is 10.8 Å². The summed E-state index contributed by atoms with van der Waals surface area (Å²) in [6, 6.07) is 0. The Balaban J connectivity index is 1.43. The molecule has 0 aliphatic carbocycles. The number of esters is 1. The van der Waals surface area contributed by atoms with E-state index in [1.807, 2.05) is 6.92 Å². The van der Waals surface area contributed by atoms with Crippen LogP contribution in [0, 0.1) is 24.7 Å². The first-order chi connectivity index (χ1) is 29.8. The van der Waals surface area contributed by atoms with Crippen molar-refractivity contribution in [1.82, 2.24) is 10.2 Å². The van der Waals surface area contributed by atoms with Crippen molar-refractivity contribution in [2.75, 3.05) is 31.5 Å². The molecule has 1 spiro atoms. The second-order valence-corrected chi connectivity index (χ2v) is 18.0. The Hall–Kier alpha value is -5.32. The third-order valence-electron chi connectivity index (χ3n) is 12.5. The van der Waals surface area contributed by atoms with E-state index in [-0.39, 0.29) is 74.6 Å². The Labute approximate surface area is 367 Å². The van der Waals surface area contributed by atoms with Crippen LogP contribution in [0.4, 0.5) is 5.69 Å². The van der Waals surface area contributed by atoms with E-state index in [0.717, 1.165) is 6.54 Å². The number of allylic oxidation sites excluding steroid dienone is 3. The van der Waals surface area contributed by atoms with Gasteiger partial charge in [-0.15, -0.1) is 0 Å². The molecule has 1 saturated heterocycles. The highest BCUT2D eigenvalue weighted by Crippen LogP contribution is 2.50. The molecule has 342 valence electrons. The third kappa shape index (κ3) is 9.92. The number of hydrogen-bond donors (Lipinski definition) is 6. The number of carbonyl (C=O) groups is 4. The summed E-state index contributed by atoms with van der Waals surface area (Å²) >= 11 is 0. The zero-order valence-corrected chi connectivity index (χ0v) is 37.6. The predicted octanol–water partition coefficient (Wildman–Crippen LogP) is 4.53. The largest absolute Gasteiger partial charge is 0.507 e. The summed E-state index contributed by atoms with van der Waals surface area (Å²) in [5, 5.41) is 52.4. The zero-order valence-electron chi connectivity index (χ0n) is 37.6. The van der Waals surface area contributed by atoms with E-state index >= 15 is 0 Å². The zero-order chi connectivity index (χ0) is 46.0. The highest BCUT2D eigenvalue weighted by atomic mass is 16.7. The molecule has 2 aromatic rings. The first-order valence-electron chi connectivity index (χ1n) is 22.1. The highest BCUT2D eigenvalue weighted by molar-refractivity contribution is 6.19. The van der Waals surface area contributed by atoms with Crippen LogP contribution in [0.15, 0.2) is 46.1 Å². The van der Waals surface area contributed by atoms with Gasteiger partial charge in [0.25, 0.3) is 11.7 Å². The van der Waals surface area contributed by atoms with Gasteiger partial charge in [0, 0.05) is 80.7 Å². The van der Waals surface area contributed by atoms with E-state index in [1.54, 1.807) is 52.0 Å². The number of nitrogens with zero attached hydrogens (tertiary/aromatic N) is 3. The molecule has 16 heteroatoms. The molecule has 4 aliphatic rings. The molecule has 63 heavy (non-hydrogen) atoms. The average molecular weight is 874 g/mol. The summed E-state index contributed by atoms with van der Waals surface area (Å²) in [7, 11) is 0. The van der Waals surface area contributed by atoms with Gasteiger partial charge in [0.2, 0.25) is 5.91 Å². The lowest BCUT2D eigenvalue weighted by Gasteiger charge is -2.36. The van der Waals surface area contributed by atoms with Gasteiger partial charge < -0.3 is 50.2 Å². The number of nitrogens with one attached hydrogen (secondary N) is 2. The molecule has 6 N–H and O–H groups in total. The standard InChI is InChI=1S/C47H63N5O11/c1-9-18-48-32(54)23-33(55)62-30-15-10-11-21-61-46(8)44(59)36-34-35(41(57)29(7)43(36)63-46)42(58)39(38-37(34)50-47(51-38)16-19-52(20-17-47)24-25(2)3)49-45(60)27(5)14-12-13-26(4)40(56)28(6)31(53)22-30/h11-14,21,25-26,28,30-31,40,53,56-58H,9-10,15-20,22-24H2,1-8H3,(H,48,54)(H,49,60)/b13-12+,21-11+,27-14-/t26?,28-,30+,31-,40-,46-/m0/s1. The molecule has 0 aromatic heterocycles. The molecule has 1 unspecified atom stereocenters. The van der Waals surface area contributed by atoms with Gasteiger partial charge in [-0.3, -0.25) is 29.2 Å². The number of hydrogen-bond acceptors (Lipinski definition) is 14. The molecule has 6 rings (SSSR count). The number of fused-ring (bicyclic) bond motifs is 1. The maximum absolute atomic E-state index is 14.6. The normalized spacial score (nSPS) is 28.3. The fourth-order valence-electron chi connectivity index (χ4n) is 8.69.